The van der Waals surface area contributed by atoms with Gasteiger partial charge >= 0.3 is 0 Å². The van der Waals surface area contributed by atoms with Crippen molar-refractivity contribution in [3.05, 3.63) is 34.8 Å². The molecule has 0 radical (unpaired) electrons. The fraction of sp³-hybridized carbons (Fsp3) is 0.308. The number of hydrogen-bond donors (Lipinski definition) is 2. The van der Waals surface area contributed by atoms with Crippen molar-refractivity contribution in [2.75, 3.05) is 6.54 Å². The highest BCUT2D eigenvalue weighted by atomic mass is 19.2. The highest BCUT2D eigenvalue weighted by molar-refractivity contribution is 6.08. The number of halogens is 3. The lowest BCUT2D eigenvalue weighted by molar-refractivity contribution is 0.0954. The molecular formula is C13H13F3N2O. The van der Waals surface area contributed by atoms with Gasteiger partial charge in [0.15, 0.2) is 11.6 Å². The summed E-state index contributed by atoms with van der Waals surface area (Å²) in [6.07, 6.45) is 0.707. The molecule has 19 heavy (non-hydrogen) atoms. The molecule has 0 spiro atoms. The van der Waals surface area contributed by atoms with Crippen molar-refractivity contribution in [3.8, 4) is 0 Å². The first kappa shape index (κ1) is 13.5. The first-order valence-electron chi connectivity index (χ1n) is 5.91. The Bertz CT molecular complexity index is 649. The summed E-state index contributed by atoms with van der Waals surface area (Å²) >= 11 is 0. The first-order valence-corrected chi connectivity index (χ1v) is 5.91. The van der Waals surface area contributed by atoms with Gasteiger partial charge in [0, 0.05) is 18.3 Å². The molecule has 1 heterocycles. The van der Waals surface area contributed by atoms with Crippen LogP contribution in [0.3, 0.4) is 0 Å². The van der Waals surface area contributed by atoms with E-state index >= 15 is 0 Å². The van der Waals surface area contributed by atoms with E-state index in [9.17, 15) is 18.0 Å². The SMILES string of the molecule is CCCNC(=O)c1c(C)[nH]c2c(F)cc(F)c(F)c12. The molecule has 0 unspecified atom stereocenters. The van der Waals surface area contributed by atoms with Crippen molar-refractivity contribution in [2.24, 2.45) is 0 Å². The fourth-order valence-corrected chi connectivity index (χ4v) is 2.00. The van der Waals surface area contributed by atoms with Crippen molar-refractivity contribution in [1.29, 1.82) is 0 Å². The Morgan fingerprint density at radius 3 is 2.63 bits per heavy atom. The maximum absolute atomic E-state index is 13.8. The number of aryl methyl sites for hydroxylation is 1. The van der Waals surface area contributed by atoms with Crippen LogP contribution in [0.2, 0.25) is 0 Å². The Hall–Kier alpha value is -1.98. The summed E-state index contributed by atoms with van der Waals surface area (Å²) in [6, 6.07) is 0.460. The minimum Gasteiger partial charge on any atom is -0.355 e. The molecule has 2 aromatic rings. The first-order chi connectivity index (χ1) is 8.97. The van der Waals surface area contributed by atoms with Crippen LogP contribution in [-0.2, 0) is 0 Å². The molecule has 1 amide bonds. The van der Waals surface area contributed by atoms with Gasteiger partial charge < -0.3 is 10.3 Å². The van der Waals surface area contributed by atoms with Crippen molar-refractivity contribution < 1.29 is 18.0 Å². The molecule has 1 aromatic heterocycles. The summed E-state index contributed by atoms with van der Waals surface area (Å²) in [4.78, 5) is 14.5. The van der Waals surface area contributed by atoms with Crippen molar-refractivity contribution >= 4 is 16.8 Å². The molecule has 0 aliphatic heterocycles. The van der Waals surface area contributed by atoms with Crippen LogP contribution in [0.25, 0.3) is 10.9 Å². The second-order valence-corrected chi connectivity index (χ2v) is 4.29. The van der Waals surface area contributed by atoms with Crippen molar-refractivity contribution in [3.63, 3.8) is 0 Å². The van der Waals surface area contributed by atoms with Crippen LogP contribution < -0.4 is 5.32 Å². The fourth-order valence-electron chi connectivity index (χ4n) is 2.00. The quantitative estimate of drug-likeness (QED) is 0.827. The number of aromatic amines is 1. The highest BCUT2D eigenvalue weighted by Crippen LogP contribution is 2.28. The summed E-state index contributed by atoms with van der Waals surface area (Å²) < 4.78 is 40.6. The van der Waals surface area contributed by atoms with Gasteiger partial charge in [-0.25, -0.2) is 13.2 Å². The topological polar surface area (TPSA) is 44.9 Å². The minimum atomic E-state index is -1.31. The van der Waals surface area contributed by atoms with Crippen LogP contribution in [0.5, 0.6) is 0 Å². The average Bonchev–Trinajstić information content (AvgIpc) is 2.71. The van der Waals surface area contributed by atoms with Crippen LogP contribution in [0.4, 0.5) is 13.2 Å². The van der Waals surface area contributed by atoms with Gasteiger partial charge in [0.1, 0.15) is 5.82 Å². The van der Waals surface area contributed by atoms with Gasteiger partial charge in [0.2, 0.25) is 0 Å². The molecule has 0 fully saturated rings. The molecule has 2 N–H and O–H groups in total. The molecule has 0 saturated heterocycles. The van der Waals surface area contributed by atoms with E-state index in [-0.39, 0.29) is 16.5 Å². The molecule has 1 aromatic carbocycles. The lowest BCUT2D eigenvalue weighted by Crippen LogP contribution is -2.24. The zero-order valence-corrected chi connectivity index (χ0v) is 10.5. The number of amides is 1. The minimum absolute atomic E-state index is 0.0562. The third-order valence-corrected chi connectivity index (χ3v) is 2.87. The van der Waals surface area contributed by atoms with E-state index in [1.54, 1.807) is 0 Å². The summed E-state index contributed by atoms with van der Waals surface area (Å²) in [7, 11) is 0. The van der Waals surface area contributed by atoms with Crippen LogP contribution in [-0.4, -0.2) is 17.4 Å². The third-order valence-electron chi connectivity index (χ3n) is 2.87. The van der Waals surface area contributed by atoms with Gasteiger partial charge in [0.25, 0.3) is 5.91 Å². The number of hydrogen-bond acceptors (Lipinski definition) is 1. The number of rotatable bonds is 3. The van der Waals surface area contributed by atoms with E-state index in [1.165, 1.54) is 6.92 Å². The molecule has 0 atom stereocenters. The summed E-state index contributed by atoms with van der Waals surface area (Å²) in [5.74, 6) is -4.00. The van der Waals surface area contributed by atoms with Gasteiger partial charge in [-0.2, -0.15) is 0 Å². The van der Waals surface area contributed by atoms with Gasteiger partial charge in [-0.3, -0.25) is 4.79 Å². The maximum Gasteiger partial charge on any atom is 0.253 e. The lowest BCUT2D eigenvalue weighted by Gasteiger charge is -2.04. The molecule has 2 rings (SSSR count). The Balaban J connectivity index is 2.67. The van der Waals surface area contributed by atoms with E-state index in [0.717, 1.165) is 0 Å². The molecule has 3 nitrogen and oxygen atoms in total. The highest BCUT2D eigenvalue weighted by Gasteiger charge is 2.23. The number of benzene rings is 1. The molecule has 0 saturated carbocycles. The zero-order chi connectivity index (χ0) is 14.2. The molecule has 102 valence electrons. The summed E-state index contributed by atoms with van der Waals surface area (Å²) in [5, 5.41) is 2.22. The number of carbonyl (C=O) groups excluding carboxylic acids is 1. The summed E-state index contributed by atoms with van der Waals surface area (Å²) in [5.41, 5.74) is 0.0457. The van der Waals surface area contributed by atoms with E-state index < -0.39 is 23.4 Å². The lowest BCUT2D eigenvalue weighted by atomic mass is 10.1. The largest absolute Gasteiger partial charge is 0.355 e. The van der Waals surface area contributed by atoms with Crippen LogP contribution in [0.15, 0.2) is 6.07 Å². The second kappa shape index (κ2) is 4.95. The van der Waals surface area contributed by atoms with Crippen LogP contribution >= 0.6 is 0 Å². The predicted octanol–water partition coefficient (Wildman–Crippen LogP) is 3.03. The number of fused-ring (bicyclic) bond motifs is 1. The zero-order valence-electron chi connectivity index (χ0n) is 10.5. The molecular weight excluding hydrogens is 257 g/mol. The predicted molar refractivity (Wildman–Crippen MR) is 65.5 cm³/mol. The molecule has 0 aliphatic rings. The molecule has 0 aliphatic carbocycles. The van der Waals surface area contributed by atoms with E-state index in [0.29, 0.717) is 24.7 Å². The van der Waals surface area contributed by atoms with E-state index in [4.69, 9.17) is 0 Å². The Morgan fingerprint density at radius 1 is 1.32 bits per heavy atom. The van der Waals surface area contributed by atoms with Crippen molar-refractivity contribution in [2.45, 2.75) is 20.3 Å². The standard InChI is InChI=1S/C13H13F3N2O/c1-3-4-17-13(19)9-6(2)18-12-8(15)5-7(14)11(16)10(9)12/h5,18H,3-4H2,1-2H3,(H,17,19). The number of nitrogens with one attached hydrogen (secondary N) is 2. The van der Waals surface area contributed by atoms with Crippen LogP contribution in [0, 0.1) is 24.4 Å². The van der Waals surface area contributed by atoms with Gasteiger partial charge in [-0.05, 0) is 13.3 Å². The smallest absolute Gasteiger partial charge is 0.253 e. The second-order valence-electron chi connectivity index (χ2n) is 4.29. The van der Waals surface area contributed by atoms with E-state index in [1.807, 2.05) is 6.92 Å². The average molecular weight is 270 g/mol. The molecule has 0 bridgehead atoms. The monoisotopic (exact) mass is 270 g/mol. The Morgan fingerprint density at radius 2 is 2.00 bits per heavy atom. The molecule has 6 heteroatoms. The van der Waals surface area contributed by atoms with Gasteiger partial charge in [0.05, 0.1) is 16.5 Å². The number of carbonyl (C=O) groups is 1. The van der Waals surface area contributed by atoms with E-state index in [2.05, 4.69) is 10.3 Å². The number of H-pyrrole nitrogens is 1. The van der Waals surface area contributed by atoms with Gasteiger partial charge in [-0.1, -0.05) is 6.92 Å². The third kappa shape index (κ3) is 2.18. The van der Waals surface area contributed by atoms with Crippen LogP contribution in [0.1, 0.15) is 29.4 Å². The Kier molecular flexibility index (Phi) is 3.50. The summed E-state index contributed by atoms with van der Waals surface area (Å²) in [6.45, 7) is 3.78. The number of aromatic nitrogens is 1. The van der Waals surface area contributed by atoms with Gasteiger partial charge in [-0.15, -0.1) is 0 Å². The normalized spacial score (nSPS) is 11.0. The van der Waals surface area contributed by atoms with Crippen molar-refractivity contribution in [1.82, 2.24) is 10.3 Å². The Labute approximate surface area is 107 Å². The maximum atomic E-state index is 13.8.